The van der Waals surface area contributed by atoms with Crippen molar-refractivity contribution in [3.05, 3.63) is 34.9 Å². The Labute approximate surface area is 159 Å². The summed E-state index contributed by atoms with van der Waals surface area (Å²) in [6.45, 7) is 3.94. The molecular weight excluding hydrogens is 348 g/mol. The number of Topliss-reactive ketones (excluding diaryl/α,β-unsaturated/α-hetero) is 1. The summed E-state index contributed by atoms with van der Waals surface area (Å²) >= 11 is 1.61. The first-order valence-corrected chi connectivity index (χ1v) is 10.4. The van der Waals surface area contributed by atoms with Gasteiger partial charge in [0, 0.05) is 36.4 Å². The highest BCUT2D eigenvalue weighted by Gasteiger charge is 2.37. The van der Waals surface area contributed by atoms with E-state index in [2.05, 4.69) is 0 Å². The minimum Gasteiger partial charge on any atom is -0.342 e. The number of fused-ring (bicyclic) bond motifs is 1. The highest BCUT2D eigenvalue weighted by Crippen LogP contribution is 2.27. The minimum absolute atomic E-state index is 0.0108. The van der Waals surface area contributed by atoms with Crippen LogP contribution in [0.4, 0.5) is 0 Å². The first-order valence-electron chi connectivity index (χ1n) is 9.21. The zero-order valence-electron chi connectivity index (χ0n) is 15.7. The molecule has 1 aromatic carbocycles. The fourth-order valence-electron chi connectivity index (χ4n) is 3.44. The van der Waals surface area contributed by atoms with E-state index in [1.807, 2.05) is 19.9 Å². The topological polar surface area (TPSA) is 57.7 Å². The second-order valence-corrected chi connectivity index (χ2v) is 8.34. The van der Waals surface area contributed by atoms with E-state index >= 15 is 0 Å². The second-order valence-electron chi connectivity index (χ2n) is 7.34. The molecule has 2 amide bonds. The van der Waals surface area contributed by atoms with Gasteiger partial charge in [0.05, 0.1) is 5.88 Å². The number of likely N-dealkylation sites (N-methyl/N-ethyl adjacent to an activating group) is 1. The lowest BCUT2D eigenvalue weighted by atomic mass is 9.98. The summed E-state index contributed by atoms with van der Waals surface area (Å²) in [5.41, 5.74) is 2.29. The third-order valence-corrected chi connectivity index (χ3v) is 6.32. The van der Waals surface area contributed by atoms with Crippen LogP contribution < -0.4 is 0 Å². The van der Waals surface area contributed by atoms with Crippen molar-refractivity contribution in [2.24, 2.45) is 0 Å². The maximum atomic E-state index is 13.1. The molecule has 1 heterocycles. The molecule has 1 aromatic rings. The number of amides is 2. The molecule has 5 nitrogen and oxygen atoms in total. The van der Waals surface area contributed by atoms with Crippen molar-refractivity contribution >= 4 is 29.4 Å². The van der Waals surface area contributed by atoms with Crippen molar-refractivity contribution in [2.45, 2.75) is 51.6 Å². The van der Waals surface area contributed by atoms with E-state index < -0.39 is 6.04 Å². The maximum Gasteiger partial charge on any atom is 0.255 e. The van der Waals surface area contributed by atoms with E-state index in [1.54, 1.807) is 40.7 Å². The summed E-state index contributed by atoms with van der Waals surface area (Å²) in [7, 11) is 1.78. The van der Waals surface area contributed by atoms with Crippen molar-refractivity contribution in [3.63, 3.8) is 0 Å². The molecule has 0 bridgehead atoms. The van der Waals surface area contributed by atoms with Crippen LogP contribution in [0.1, 0.15) is 59.4 Å². The van der Waals surface area contributed by atoms with E-state index in [0.717, 1.165) is 30.4 Å². The smallest absolute Gasteiger partial charge is 0.255 e. The fraction of sp³-hybridized carbons (Fsp3) is 0.550. The van der Waals surface area contributed by atoms with Crippen LogP contribution in [-0.4, -0.2) is 58.2 Å². The van der Waals surface area contributed by atoms with Gasteiger partial charge in [-0.15, -0.1) is 11.8 Å². The Morgan fingerprint density at radius 1 is 1.23 bits per heavy atom. The van der Waals surface area contributed by atoms with Gasteiger partial charge in [-0.25, -0.2) is 0 Å². The van der Waals surface area contributed by atoms with E-state index in [1.165, 1.54) is 0 Å². The van der Waals surface area contributed by atoms with Gasteiger partial charge in [0.15, 0.2) is 5.78 Å². The summed E-state index contributed by atoms with van der Waals surface area (Å²) in [5, 5.41) is 0. The zero-order chi connectivity index (χ0) is 18.8. The molecule has 1 atom stereocenters. The highest BCUT2D eigenvalue weighted by atomic mass is 32.2. The number of hydrogen-bond donors (Lipinski definition) is 0. The standard InChI is InChI=1S/C20H26N2O3S/c1-13(2)21(3)20(25)17-11-26-12-22(17)19(24)15-8-9-16-14(10-15)6-4-5-7-18(16)23/h8-10,13,17H,4-7,11-12H2,1-3H3. The molecule has 0 saturated carbocycles. The van der Waals surface area contributed by atoms with E-state index in [4.69, 9.17) is 0 Å². The second kappa shape index (κ2) is 7.82. The normalized spacial score (nSPS) is 20.1. The van der Waals surface area contributed by atoms with Crippen LogP contribution in [0, 0.1) is 0 Å². The third kappa shape index (κ3) is 3.65. The van der Waals surface area contributed by atoms with E-state index in [9.17, 15) is 14.4 Å². The Morgan fingerprint density at radius 3 is 2.69 bits per heavy atom. The van der Waals surface area contributed by atoms with Crippen molar-refractivity contribution in [3.8, 4) is 0 Å². The number of carbonyl (C=O) groups excluding carboxylic acids is 3. The molecule has 0 radical (unpaired) electrons. The minimum atomic E-state index is -0.416. The lowest BCUT2D eigenvalue weighted by Crippen LogP contribution is -2.49. The molecule has 1 fully saturated rings. The Balaban J connectivity index is 1.83. The van der Waals surface area contributed by atoms with Gasteiger partial charge < -0.3 is 9.80 Å². The average Bonchev–Trinajstić information content (AvgIpc) is 3.05. The molecule has 26 heavy (non-hydrogen) atoms. The summed E-state index contributed by atoms with van der Waals surface area (Å²) < 4.78 is 0. The number of thioether (sulfide) groups is 1. The zero-order valence-corrected chi connectivity index (χ0v) is 16.5. The number of nitrogens with zero attached hydrogens (tertiary/aromatic N) is 2. The summed E-state index contributed by atoms with van der Waals surface area (Å²) in [5.74, 6) is 1.19. The average molecular weight is 375 g/mol. The lowest BCUT2D eigenvalue weighted by Gasteiger charge is -2.29. The first kappa shape index (κ1) is 19.0. The molecular formula is C20H26N2O3S. The van der Waals surface area contributed by atoms with Crippen LogP contribution in [0.15, 0.2) is 18.2 Å². The van der Waals surface area contributed by atoms with E-state index in [0.29, 0.717) is 23.6 Å². The number of carbonyl (C=O) groups is 3. The van der Waals surface area contributed by atoms with Gasteiger partial charge in [-0.1, -0.05) is 6.07 Å². The van der Waals surface area contributed by atoms with E-state index in [-0.39, 0.29) is 23.6 Å². The molecule has 0 aromatic heterocycles. The number of hydrogen-bond acceptors (Lipinski definition) is 4. The molecule has 0 spiro atoms. The fourth-order valence-corrected chi connectivity index (χ4v) is 4.59. The van der Waals surface area contributed by atoms with Gasteiger partial charge in [0.2, 0.25) is 5.91 Å². The molecule has 140 valence electrons. The number of rotatable bonds is 3. The Morgan fingerprint density at radius 2 is 1.96 bits per heavy atom. The van der Waals surface area contributed by atoms with Gasteiger partial charge in [-0.3, -0.25) is 14.4 Å². The highest BCUT2D eigenvalue weighted by molar-refractivity contribution is 7.99. The van der Waals surface area contributed by atoms with Crippen LogP contribution in [-0.2, 0) is 11.2 Å². The predicted octanol–water partition coefficient (Wildman–Crippen LogP) is 2.98. The van der Waals surface area contributed by atoms with Crippen LogP contribution in [0.2, 0.25) is 0 Å². The van der Waals surface area contributed by atoms with Crippen molar-refractivity contribution in [2.75, 3.05) is 18.7 Å². The Kier molecular flexibility index (Phi) is 5.70. The van der Waals surface area contributed by atoms with Gasteiger partial charge >= 0.3 is 0 Å². The van der Waals surface area contributed by atoms with Crippen LogP contribution >= 0.6 is 11.8 Å². The first-order chi connectivity index (χ1) is 12.4. The van der Waals surface area contributed by atoms with Crippen LogP contribution in [0.25, 0.3) is 0 Å². The van der Waals surface area contributed by atoms with Gasteiger partial charge in [-0.05, 0) is 50.8 Å². The summed E-state index contributed by atoms with van der Waals surface area (Å²) in [4.78, 5) is 41.3. The van der Waals surface area contributed by atoms with Crippen molar-refractivity contribution in [1.82, 2.24) is 9.80 Å². The van der Waals surface area contributed by atoms with Crippen molar-refractivity contribution in [1.29, 1.82) is 0 Å². The number of benzene rings is 1. The monoisotopic (exact) mass is 374 g/mol. The van der Waals surface area contributed by atoms with Crippen LogP contribution in [0.5, 0.6) is 0 Å². The van der Waals surface area contributed by atoms with Crippen molar-refractivity contribution < 1.29 is 14.4 Å². The third-order valence-electron chi connectivity index (χ3n) is 5.30. The lowest BCUT2D eigenvalue weighted by molar-refractivity contribution is -0.135. The van der Waals surface area contributed by atoms with Gasteiger partial charge in [0.25, 0.3) is 5.91 Å². The molecule has 3 rings (SSSR count). The van der Waals surface area contributed by atoms with Gasteiger partial charge in [-0.2, -0.15) is 0 Å². The number of aryl methyl sites for hydroxylation is 1. The molecule has 1 saturated heterocycles. The largest absolute Gasteiger partial charge is 0.342 e. The van der Waals surface area contributed by atoms with Gasteiger partial charge in [0.1, 0.15) is 6.04 Å². The summed E-state index contributed by atoms with van der Waals surface area (Å²) in [6, 6.07) is 5.07. The SMILES string of the molecule is CC(C)N(C)C(=O)C1CSCN1C(=O)c1ccc2c(c1)CCCCC2=O. The molecule has 1 unspecified atom stereocenters. The quantitative estimate of drug-likeness (QED) is 0.763. The molecule has 2 aliphatic rings. The number of ketones is 1. The molecule has 0 N–H and O–H groups in total. The van der Waals surface area contributed by atoms with Crippen LogP contribution in [0.3, 0.4) is 0 Å². The Hall–Kier alpha value is -1.82. The molecule has 6 heteroatoms. The molecule has 1 aliphatic carbocycles. The Bertz CT molecular complexity index is 732. The summed E-state index contributed by atoms with van der Waals surface area (Å²) in [6.07, 6.45) is 3.28. The predicted molar refractivity (Wildman–Crippen MR) is 104 cm³/mol. The maximum absolute atomic E-state index is 13.1. The molecule has 1 aliphatic heterocycles.